The van der Waals surface area contributed by atoms with Crippen molar-refractivity contribution in [1.29, 1.82) is 0 Å². The SMILES string of the molecule is C[B]C(=C\C)/C=C(\C=C/C)N1CCOCC1=O. The molecular weight excluding hydrogens is 213 g/mol. The molecule has 0 aromatic heterocycles. The standard InChI is InChI=1S/C13H19BNO2/c1-4-6-12(9-11(5-2)14-3)15-7-8-17-10-13(15)16/h4-6,9H,7-8,10H2,1-3H3/b6-4-,11-5-,12-9+. The number of allylic oxidation sites excluding steroid dienone is 5. The van der Waals surface area contributed by atoms with Gasteiger partial charge >= 0.3 is 0 Å². The van der Waals surface area contributed by atoms with E-state index in [1.165, 1.54) is 0 Å². The summed E-state index contributed by atoms with van der Waals surface area (Å²) in [5.41, 5.74) is 2.03. The summed E-state index contributed by atoms with van der Waals surface area (Å²) in [6.45, 7) is 7.32. The Bertz CT molecular complexity index is 358. The number of morpholine rings is 1. The van der Waals surface area contributed by atoms with Gasteiger partial charge in [-0.2, -0.15) is 0 Å². The Morgan fingerprint density at radius 2 is 2.24 bits per heavy atom. The minimum Gasteiger partial charge on any atom is -0.370 e. The van der Waals surface area contributed by atoms with Crippen molar-refractivity contribution in [1.82, 2.24) is 4.90 Å². The lowest BCUT2D eigenvalue weighted by Crippen LogP contribution is -2.40. The number of rotatable bonds is 4. The number of hydrogen-bond acceptors (Lipinski definition) is 2. The Hall–Kier alpha value is -1.29. The topological polar surface area (TPSA) is 29.5 Å². The van der Waals surface area contributed by atoms with Crippen LogP contribution >= 0.6 is 0 Å². The Kier molecular flexibility index (Phi) is 5.77. The van der Waals surface area contributed by atoms with Crippen LogP contribution in [-0.2, 0) is 9.53 Å². The van der Waals surface area contributed by atoms with E-state index in [4.69, 9.17) is 4.74 Å². The molecule has 1 radical (unpaired) electrons. The molecule has 0 aromatic rings. The molecule has 91 valence electrons. The molecule has 0 unspecified atom stereocenters. The minimum absolute atomic E-state index is 0.0205. The first-order valence-electron chi connectivity index (χ1n) is 5.91. The van der Waals surface area contributed by atoms with E-state index in [1.807, 2.05) is 52.3 Å². The van der Waals surface area contributed by atoms with Crippen LogP contribution in [-0.4, -0.2) is 37.8 Å². The van der Waals surface area contributed by atoms with E-state index in [-0.39, 0.29) is 12.5 Å². The maximum atomic E-state index is 11.8. The van der Waals surface area contributed by atoms with E-state index in [0.29, 0.717) is 13.2 Å². The average Bonchev–Trinajstić information content (AvgIpc) is 2.35. The highest BCUT2D eigenvalue weighted by molar-refractivity contribution is 6.44. The first-order chi connectivity index (χ1) is 8.22. The molecule has 0 N–H and O–H groups in total. The smallest absolute Gasteiger partial charge is 0.253 e. The second kappa shape index (κ2) is 7.12. The number of hydrogen-bond donors (Lipinski definition) is 0. The van der Waals surface area contributed by atoms with E-state index in [1.54, 1.807) is 4.90 Å². The number of carbonyl (C=O) groups is 1. The van der Waals surface area contributed by atoms with Crippen LogP contribution in [0.4, 0.5) is 0 Å². The van der Waals surface area contributed by atoms with Gasteiger partial charge in [-0.15, -0.1) is 0 Å². The molecule has 1 rings (SSSR count). The van der Waals surface area contributed by atoms with Crippen molar-refractivity contribution < 1.29 is 9.53 Å². The largest absolute Gasteiger partial charge is 0.370 e. The summed E-state index contributed by atoms with van der Waals surface area (Å²) < 4.78 is 5.13. The van der Waals surface area contributed by atoms with Crippen molar-refractivity contribution in [2.75, 3.05) is 19.8 Å². The van der Waals surface area contributed by atoms with Gasteiger partial charge in [0, 0.05) is 12.2 Å². The quantitative estimate of drug-likeness (QED) is 0.547. The summed E-state index contributed by atoms with van der Waals surface area (Å²) in [6.07, 6.45) is 7.94. The number of ether oxygens (including phenoxy) is 1. The zero-order chi connectivity index (χ0) is 12.7. The fraction of sp³-hybridized carbons (Fsp3) is 0.462. The summed E-state index contributed by atoms with van der Waals surface area (Å²) in [5.74, 6) is 0.0205. The predicted molar refractivity (Wildman–Crippen MR) is 70.8 cm³/mol. The summed E-state index contributed by atoms with van der Waals surface area (Å²) in [6, 6.07) is 0. The summed E-state index contributed by atoms with van der Waals surface area (Å²) in [7, 11) is 2.02. The fourth-order valence-electron chi connectivity index (χ4n) is 1.68. The first-order valence-corrected chi connectivity index (χ1v) is 5.91. The highest BCUT2D eigenvalue weighted by atomic mass is 16.5. The van der Waals surface area contributed by atoms with Gasteiger partial charge in [0.15, 0.2) is 0 Å². The molecule has 0 saturated carbocycles. The van der Waals surface area contributed by atoms with Crippen LogP contribution in [0.1, 0.15) is 13.8 Å². The summed E-state index contributed by atoms with van der Waals surface area (Å²) >= 11 is 0. The molecule has 4 heteroatoms. The molecule has 1 aliphatic rings. The van der Waals surface area contributed by atoms with Crippen LogP contribution in [0, 0.1) is 0 Å². The first kappa shape index (κ1) is 13.8. The molecule has 0 aromatic carbocycles. The lowest BCUT2D eigenvalue weighted by atomic mass is 9.72. The van der Waals surface area contributed by atoms with Gasteiger partial charge in [0.05, 0.1) is 6.61 Å². The molecule has 0 spiro atoms. The van der Waals surface area contributed by atoms with Gasteiger partial charge in [0.1, 0.15) is 13.9 Å². The van der Waals surface area contributed by atoms with Crippen LogP contribution in [0.25, 0.3) is 0 Å². The van der Waals surface area contributed by atoms with E-state index in [2.05, 4.69) is 0 Å². The normalized spacial score (nSPS) is 19.0. The second-order valence-electron chi connectivity index (χ2n) is 3.74. The van der Waals surface area contributed by atoms with Gasteiger partial charge in [-0.3, -0.25) is 4.79 Å². The molecule has 1 amide bonds. The van der Waals surface area contributed by atoms with E-state index >= 15 is 0 Å². The van der Waals surface area contributed by atoms with Gasteiger partial charge in [0.25, 0.3) is 5.91 Å². The number of carbonyl (C=O) groups excluding carboxylic acids is 1. The van der Waals surface area contributed by atoms with E-state index < -0.39 is 0 Å². The third kappa shape index (κ3) is 3.89. The molecule has 0 bridgehead atoms. The zero-order valence-electron chi connectivity index (χ0n) is 10.8. The monoisotopic (exact) mass is 232 g/mol. The third-order valence-corrected chi connectivity index (χ3v) is 2.62. The van der Waals surface area contributed by atoms with Crippen molar-refractivity contribution in [3.05, 3.63) is 35.5 Å². The highest BCUT2D eigenvalue weighted by Gasteiger charge is 2.20. The Labute approximate surface area is 104 Å². The van der Waals surface area contributed by atoms with Crippen molar-refractivity contribution in [3.8, 4) is 0 Å². The van der Waals surface area contributed by atoms with Gasteiger partial charge in [-0.1, -0.05) is 24.4 Å². The maximum absolute atomic E-state index is 11.8. The Morgan fingerprint density at radius 3 is 2.76 bits per heavy atom. The molecule has 0 aliphatic carbocycles. The highest BCUT2D eigenvalue weighted by Crippen LogP contribution is 2.13. The predicted octanol–water partition coefficient (Wildman–Crippen LogP) is 1.96. The van der Waals surface area contributed by atoms with Crippen LogP contribution in [0.15, 0.2) is 35.5 Å². The molecule has 1 fully saturated rings. The van der Waals surface area contributed by atoms with Gasteiger partial charge in [-0.25, -0.2) is 0 Å². The summed E-state index contributed by atoms with van der Waals surface area (Å²) in [5, 5.41) is 0. The van der Waals surface area contributed by atoms with Crippen molar-refractivity contribution in [2.45, 2.75) is 20.7 Å². The third-order valence-electron chi connectivity index (χ3n) is 2.62. The van der Waals surface area contributed by atoms with Crippen molar-refractivity contribution >= 4 is 13.2 Å². The van der Waals surface area contributed by atoms with Gasteiger partial charge in [-0.05, 0) is 26.0 Å². The van der Waals surface area contributed by atoms with Crippen LogP contribution in [0.3, 0.4) is 0 Å². The molecule has 1 saturated heterocycles. The molecule has 1 aliphatic heterocycles. The maximum Gasteiger partial charge on any atom is 0.253 e. The molecule has 3 nitrogen and oxygen atoms in total. The fourth-order valence-corrected chi connectivity index (χ4v) is 1.68. The lowest BCUT2D eigenvalue weighted by molar-refractivity contribution is -0.139. The molecule has 0 atom stereocenters. The van der Waals surface area contributed by atoms with Crippen LogP contribution in [0.2, 0.25) is 6.82 Å². The lowest BCUT2D eigenvalue weighted by Gasteiger charge is -2.28. The Morgan fingerprint density at radius 1 is 1.47 bits per heavy atom. The van der Waals surface area contributed by atoms with Crippen LogP contribution < -0.4 is 0 Å². The number of nitrogens with zero attached hydrogens (tertiary/aromatic N) is 1. The Balaban J connectivity index is 2.95. The van der Waals surface area contributed by atoms with E-state index in [0.717, 1.165) is 11.2 Å². The van der Waals surface area contributed by atoms with Gasteiger partial charge < -0.3 is 9.64 Å². The molecular formula is C13H19BNO2. The minimum atomic E-state index is 0.0205. The summed E-state index contributed by atoms with van der Waals surface area (Å²) in [4.78, 5) is 13.5. The molecule has 1 heterocycles. The van der Waals surface area contributed by atoms with Crippen molar-refractivity contribution in [2.24, 2.45) is 0 Å². The zero-order valence-corrected chi connectivity index (χ0v) is 10.8. The van der Waals surface area contributed by atoms with Crippen LogP contribution in [0.5, 0.6) is 0 Å². The van der Waals surface area contributed by atoms with Crippen molar-refractivity contribution in [3.63, 3.8) is 0 Å². The second-order valence-corrected chi connectivity index (χ2v) is 3.74. The van der Waals surface area contributed by atoms with E-state index in [9.17, 15) is 4.79 Å². The van der Waals surface area contributed by atoms with Gasteiger partial charge in [0.2, 0.25) is 0 Å². The average molecular weight is 232 g/mol. The number of amides is 1. The molecule has 17 heavy (non-hydrogen) atoms.